The summed E-state index contributed by atoms with van der Waals surface area (Å²) in [5.74, 6) is -0.0603. The van der Waals surface area contributed by atoms with Crippen molar-refractivity contribution in [3.63, 3.8) is 0 Å². The predicted octanol–water partition coefficient (Wildman–Crippen LogP) is -0.554. The topological polar surface area (TPSA) is 61.9 Å². The number of amides is 2. The third kappa shape index (κ3) is 4.18. The van der Waals surface area contributed by atoms with Gasteiger partial charge in [-0.15, -0.1) is 0 Å². The Hall–Kier alpha value is -1.14. The number of piperidine rings is 1. The van der Waals surface area contributed by atoms with Crippen molar-refractivity contribution in [2.75, 3.05) is 46.4 Å². The van der Waals surface area contributed by atoms with Crippen LogP contribution in [0.5, 0.6) is 0 Å². The molecule has 0 saturated carbocycles. The van der Waals surface area contributed by atoms with Crippen LogP contribution in [0.3, 0.4) is 0 Å². The SMILES string of the molecule is CN1CCCN(C(=O)COC2CCNCC2)CC1=O. The van der Waals surface area contributed by atoms with E-state index in [1.165, 1.54) is 0 Å². The van der Waals surface area contributed by atoms with Crippen molar-refractivity contribution in [2.45, 2.75) is 25.4 Å². The molecule has 2 amide bonds. The van der Waals surface area contributed by atoms with E-state index in [2.05, 4.69) is 5.32 Å². The van der Waals surface area contributed by atoms with E-state index in [4.69, 9.17) is 4.74 Å². The van der Waals surface area contributed by atoms with E-state index >= 15 is 0 Å². The molecule has 2 rings (SSSR count). The van der Waals surface area contributed by atoms with Gasteiger partial charge in [0.2, 0.25) is 11.8 Å². The number of rotatable bonds is 3. The van der Waals surface area contributed by atoms with Crippen LogP contribution in [0, 0.1) is 0 Å². The van der Waals surface area contributed by atoms with E-state index in [-0.39, 0.29) is 31.1 Å². The molecular weight excluding hydrogens is 246 g/mol. The monoisotopic (exact) mass is 269 g/mol. The first kappa shape index (κ1) is 14.3. The predicted molar refractivity (Wildman–Crippen MR) is 70.7 cm³/mol. The Morgan fingerprint density at radius 2 is 2.11 bits per heavy atom. The molecule has 2 saturated heterocycles. The summed E-state index contributed by atoms with van der Waals surface area (Å²) in [6, 6.07) is 0. The van der Waals surface area contributed by atoms with Crippen molar-refractivity contribution in [1.82, 2.24) is 15.1 Å². The number of nitrogens with one attached hydrogen (secondary N) is 1. The maximum Gasteiger partial charge on any atom is 0.249 e. The Kier molecular flexibility index (Phi) is 5.15. The smallest absolute Gasteiger partial charge is 0.249 e. The molecular formula is C13H23N3O3. The molecule has 0 aliphatic carbocycles. The largest absolute Gasteiger partial charge is 0.368 e. The van der Waals surface area contributed by atoms with Gasteiger partial charge in [0.15, 0.2) is 0 Å². The van der Waals surface area contributed by atoms with Gasteiger partial charge in [-0.05, 0) is 32.4 Å². The van der Waals surface area contributed by atoms with Crippen LogP contribution in [0.4, 0.5) is 0 Å². The van der Waals surface area contributed by atoms with E-state index in [0.29, 0.717) is 6.54 Å². The van der Waals surface area contributed by atoms with E-state index < -0.39 is 0 Å². The second-order valence-electron chi connectivity index (χ2n) is 5.24. The summed E-state index contributed by atoms with van der Waals surface area (Å²) in [6.45, 7) is 3.55. The van der Waals surface area contributed by atoms with Crippen LogP contribution in [0.25, 0.3) is 0 Å². The fourth-order valence-corrected chi connectivity index (χ4v) is 2.44. The van der Waals surface area contributed by atoms with Gasteiger partial charge in [-0.1, -0.05) is 0 Å². The molecule has 0 radical (unpaired) electrons. The molecule has 0 atom stereocenters. The van der Waals surface area contributed by atoms with E-state index in [0.717, 1.165) is 38.9 Å². The number of carbonyl (C=O) groups excluding carboxylic acids is 2. The van der Waals surface area contributed by atoms with Gasteiger partial charge in [-0.3, -0.25) is 9.59 Å². The van der Waals surface area contributed by atoms with Crippen molar-refractivity contribution in [2.24, 2.45) is 0 Å². The van der Waals surface area contributed by atoms with Gasteiger partial charge >= 0.3 is 0 Å². The highest BCUT2D eigenvalue weighted by Crippen LogP contribution is 2.08. The number of ether oxygens (including phenoxy) is 1. The number of likely N-dealkylation sites (N-methyl/N-ethyl adjacent to an activating group) is 1. The summed E-state index contributed by atoms with van der Waals surface area (Å²) < 4.78 is 5.64. The van der Waals surface area contributed by atoms with Crippen LogP contribution in [-0.4, -0.2) is 74.1 Å². The van der Waals surface area contributed by atoms with Gasteiger partial charge in [-0.2, -0.15) is 0 Å². The summed E-state index contributed by atoms with van der Waals surface area (Å²) in [6.07, 6.45) is 2.92. The summed E-state index contributed by atoms with van der Waals surface area (Å²) in [5.41, 5.74) is 0. The third-order valence-corrected chi connectivity index (χ3v) is 3.75. The van der Waals surface area contributed by atoms with Gasteiger partial charge in [0.25, 0.3) is 0 Å². The van der Waals surface area contributed by atoms with Crippen molar-refractivity contribution in [3.05, 3.63) is 0 Å². The molecule has 1 N–H and O–H groups in total. The first-order valence-electron chi connectivity index (χ1n) is 7.01. The molecule has 2 heterocycles. The van der Waals surface area contributed by atoms with Gasteiger partial charge in [0, 0.05) is 20.1 Å². The Labute approximate surface area is 114 Å². The van der Waals surface area contributed by atoms with Gasteiger partial charge in [0.05, 0.1) is 12.6 Å². The van der Waals surface area contributed by atoms with Crippen molar-refractivity contribution in [1.29, 1.82) is 0 Å². The minimum absolute atomic E-state index is 0.00714. The lowest BCUT2D eigenvalue weighted by molar-refractivity contribution is -0.142. The molecule has 0 spiro atoms. The van der Waals surface area contributed by atoms with Crippen molar-refractivity contribution in [3.8, 4) is 0 Å². The van der Waals surface area contributed by atoms with E-state index in [9.17, 15) is 9.59 Å². The molecule has 19 heavy (non-hydrogen) atoms. The molecule has 6 heteroatoms. The van der Waals surface area contributed by atoms with Gasteiger partial charge in [-0.25, -0.2) is 0 Å². The molecule has 0 aromatic heterocycles. The normalized spacial score (nSPS) is 22.5. The number of nitrogens with zero attached hydrogens (tertiary/aromatic N) is 2. The van der Waals surface area contributed by atoms with Crippen molar-refractivity contribution >= 4 is 11.8 Å². The average Bonchev–Trinajstić information content (AvgIpc) is 2.60. The molecule has 0 bridgehead atoms. The van der Waals surface area contributed by atoms with Crippen LogP contribution in [0.2, 0.25) is 0 Å². The highest BCUT2D eigenvalue weighted by Gasteiger charge is 2.23. The summed E-state index contributed by atoms with van der Waals surface area (Å²) in [5, 5.41) is 3.26. The lowest BCUT2D eigenvalue weighted by Crippen LogP contribution is -2.41. The summed E-state index contributed by atoms with van der Waals surface area (Å²) >= 11 is 0. The lowest BCUT2D eigenvalue weighted by atomic mass is 10.1. The van der Waals surface area contributed by atoms with E-state index in [1.54, 1.807) is 16.8 Å². The van der Waals surface area contributed by atoms with Gasteiger partial charge < -0.3 is 19.9 Å². The van der Waals surface area contributed by atoms with E-state index in [1.807, 2.05) is 0 Å². The zero-order valence-corrected chi connectivity index (χ0v) is 11.6. The Balaban J connectivity index is 1.76. The second kappa shape index (κ2) is 6.86. The van der Waals surface area contributed by atoms with Crippen LogP contribution in [0.15, 0.2) is 0 Å². The third-order valence-electron chi connectivity index (χ3n) is 3.75. The zero-order chi connectivity index (χ0) is 13.7. The Morgan fingerprint density at radius 3 is 2.84 bits per heavy atom. The molecule has 2 fully saturated rings. The maximum atomic E-state index is 12.1. The van der Waals surface area contributed by atoms with Crippen molar-refractivity contribution < 1.29 is 14.3 Å². The minimum Gasteiger partial charge on any atom is -0.368 e. The minimum atomic E-state index is -0.0674. The fourth-order valence-electron chi connectivity index (χ4n) is 2.44. The second-order valence-corrected chi connectivity index (χ2v) is 5.24. The number of hydrogen-bond acceptors (Lipinski definition) is 4. The first-order valence-corrected chi connectivity index (χ1v) is 7.01. The van der Waals surface area contributed by atoms with Gasteiger partial charge in [0.1, 0.15) is 6.61 Å². The first-order chi connectivity index (χ1) is 9.16. The quantitative estimate of drug-likeness (QED) is 0.746. The highest BCUT2D eigenvalue weighted by atomic mass is 16.5. The van der Waals surface area contributed by atoms with Crippen LogP contribution in [0.1, 0.15) is 19.3 Å². The lowest BCUT2D eigenvalue weighted by Gasteiger charge is -2.25. The Bertz CT molecular complexity index is 329. The summed E-state index contributed by atoms with van der Waals surface area (Å²) in [4.78, 5) is 27.1. The van der Waals surface area contributed by atoms with Crippen LogP contribution < -0.4 is 5.32 Å². The highest BCUT2D eigenvalue weighted by molar-refractivity contribution is 5.85. The molecule has 108 valence electrons. The standard InChI is InChI=1S/C13H23N3O3/c1-15-7-2-8-16(9-12(15)17)13(18)10-19-11-3-5-14-6-4-11/h11,14H,2-10H2,1H3. The maximum absolute atomic E-state index is 12.1. The molecule has 6 nitrogen and oxygen atoms in total. The Morgan fingerprint density at radius 1 is 1.37 bits per heavy atom. The molecule has 0 unspecified atom stereocenters. The zero-order valence-electron chi connectivity index (χ0n) is 11.6. The van der Waals surface area contributed by atoms with Crippen LogP contribution in [-0.2, 0) is 14.3 Å². The number of hydrogen-bond donors (Lipinski definition) is 1. The molecule has 0 aromatic carbocycles. The summed E-state index contributed by atoms with van der Waals surface area (Å²) in [7, 11) is 1.78. The number of carbonyl (C=O) groups is 2. The molecule has 2 aliphatic heterocycles. The molecule has 0 aromatic rings. The fraction of sp³-hybridized carbons (Fsp3) is 0.846. The average molecular weight is 269 g/mol. The van der Waals surface area contributed by atoms with Crippen LogP contribution >= 0.6 is 0 Å². The molecule has 2 aliphatic rings.